The van der Waals surface area contributed by atoms with Crippen LogP contribution in [0.25, 0.3) is 0 Å². The first-order chi connectivity index (χ1) is 36.8. The van der Waals surface area contributed by atoms with Crippen molar-refractivity contribution in [3.05, 3.63) is 76.8 Å². The minimum absolute atomic E-state index is 0.0222. The number of Topliss-reactive ketones (excluding diaryl/α,β-unsaturated/α-hetero) is 1. The Morgan fingerprint density at radius 3 is 1.64 bits per heavy atom. The molecule has 2 aromatic rings. The lowest BCUT2D eigenvalue weighted by molar-refractivity contribution is -0.137. The van der Waals surface area contributed by atoms with Crippen LogP contribution in [0.5, 0.6) is 0 Å². The molecule has 1 aromatic carbocycles. The average Bonchev–Trinajstić information content (AvgIpc) is 3.39. The number of nitrogens with zero attached hydrogens (tertiary/aromatic N) is 1. The third kappa shape index (κ3) is 17.2. The molecule has 78 heavy (non-hydrogen) atoms. The highest BCUT2D eigenvalue weighted by atomic mass is 16.2. The first kappa shape index (κ1) is 63.0. The van der Waals surface area contributed by atoms with E-state index in [9.17, 15) is 52.7 Å². The molecule has 0 spiro atoms. The van der Waals surface area contributed by atoms with Crippen molar-refractivity contribution >= 4 is 64.7 Å². The second-order valence-corrected chi connectivity index (χ2v) is 21.7. The van der Waals surface area contributed by atoms with Gasteiger partial charge >= 0.3 is 0 Å². The van der Waals surface area contributed by atoms with E-state index in [2.05, 4.69) is 58.2 Å². The maximum atomic E-state index is 14.6. The van der Waals surface area contributed by atoms with E-state index < -0.39 is 137 Å². The summed E-state index contributed by atoms with van der Waals surface area (Å²) < 4.78 is 0. The minimum Gasteiger partial charge on any atom is -0.385 e. The number of carbonyl (C=O) groups is 11. The largest absolute Gasteiger partial charge is 0.385 e. The Labute approximate surface area is 457 Å². The number of carbonyl (C=O) groups excluding carboxylic acids is 11. The molecule has 9 amide bonds. The van der Waals surface area contributed by atoms with E-state index in [1.54, 1.807) is 78.8 Å². The summed E-state index contributed by atoms with van der Waals surface area (Å²) in [6.45, 7) is 18.8. The van der Waals surface area contributed by atoms with Crippen LogP contribution >= 0.6 is 0 Å². The zero-order chi connectivity index (χ0) is 58.1. The van der Waals surface area contributed by atoms with Crippen molar-refractivity contribution in [1.82, 2.24) is 58.2 Å². The lowest BCUT2D eigenvalue weighted by atomic mass is 9.90. The third-order valence-electron chi connectivity index (χ3n) is 13.9. The molecular weight excluding hydrogens is 1000 g/mol. The van der Waals surface area contributed by atoms with Crippen LogP contribution in [-0.2, 0) is 44.8 Å². The smallest absolute Gasteiger partial charge is 0.253 e. The molecule has 1 aliphatic heterocycles. The second-order valence-electron chi connectivity index (χ2n) is 21.7. The van der Waals surface area contributed by atoms with Gasteiger partial charge in [0.15, 0.2) is 5.78 Å². The Kier molecular flexibility index (Phi) is 23.7. The van der Waals surface area contributed by atoms with Gasteiger partial charge in [0.05, 0.1) is 16.8 Å². The quantitative estimate of drug-likeness (QED) is 0.107. The second kappa shape index (κ2) is 29.3. The average molecular weight is 1080 g/mol. The number of hydrogen-bond donors (Lipinski definition) is 10. The van der Waals surface area contributed by atoms with Crippen molar-refractivity contribution in [3.8, 4) is 0 Å². The summed E-state index contributed by atoms with van der Waals surface area (Å²) in [5.41, 5.74) is 0.515. The number of likely N-dealkylation sites (N-methyl/N-ethyl adjacent to an activating group) is 1. The molecule has 4 rings (SSSR count). The molecule has 9 unspecified atom stereocenters. The maximum Gasteiger partial charge on any atom is 0.253 e. The minimum atomic E-state index is -1.34. The number of fused-ring (bicyclic) bond motifs is 1. The van der Waals surface area contributed by atoms with Crippen molar-refractivity contribution in [3.63, 3.8) is 0 Å². The molecule has 2 aliphatic rings. The molecule has 1 aliphatic carbocycles. The monoisotopic (exact) mass is 1080 g/mol. The number of allylic oxidation sites excluding steroid dienone is 2. The van der Waals surface area contributed by atoms with Gasteiger partial charge in [-0.15, -0.1) is 0 Å². The van der Waals surface area contributed by atoms with Crippen LogP contribution in [-0.4, -0.2) is 132 Å². The number of unbranched alkanes of at least 4 members (excludes halogenated alkanes) is 1. The molecule has 22 heteroatoms. The summed E-state index contributed by atoms with van der Waals surface area (Å²) in [6.07, 6.45) is 4.46. The van der Waals surface area contributed by atoms with Crippen molar-refractivity contribution < 1.29 is 52.7 Å². The number of amides is 9. The SMILES string of the molecule is CCC(C)C1NC(=O)C(C)NC(=O)C(C(C)C)NC(=O)C(CC(C)C)NC(=O)C(Cc2ccccc2)NC(=O)C(C(C)C)NC(=O)C(CCCCNC(=O)c2cncc3c2C(=O)C=C(NC)C3=O)NC(=O)C(C(C)C)NC1=O. The highest BCUT2D eigenvalue weighted by molar-refractivity contribution is 6.27. The first-order valence-corrected chi connectivity index (χ1v) is 27.0. The normalized spacial score (nSPS) is 24.1. The maximum absolute atomic E-state index is 14.6. The number of pyridine rings is 1. The number of hydrogen-bond acceptors (Lipinski definition) is 13. The van der Waals surface area contributed by atoms with Crippen LogP contribution in [0.4, 0.5) is 0 Å². The molecule has 2 heterocycles. The van der Waals surface area contributed by atoms with Gasteiger partial charge in [-0.2, -0.15) is 0 Å². The van der Waals surface area contributed by atoms with Gasteiger partial charge < -0.3 is 53.2 Å². The fraction of sp³-hybridized carbons (Fsp3) is 0.571. The summed E-state index contributed by atoms with van der Waals surface area (Å²) >= 11 is 0. The predicted octanol–water partition coefficient (Wildman–Crippen LogP) is 1.68. The number of benzene rings is 1. The summed E-state index contributed by atoms with van der Waals surface area (Å²) in [5.74, 6) is -9.75. The molecular formula is C56H81N11O11. The molecule has 9 atom stereocenters. The Morgan fingerprint density at radius 2 is 1.09 bits per heavy atom. The van der Waals surface area contributed by atoms with Gasteiger partial charge in [0.1, 0.15) is 48.3 Å². The van der Waals surface area contributed by atoms with E-state index in [1.807, 2.05) is 20.8 Å². The highest BCUT2D eigenvalue weighted by Crippen LogP contribution is 2.23. The zero-order valence-corrected chi connectivity index (χ0v) is 47.0. The van der Waals surface area contributed by atoms with E-state index in [0.717, 1.165) is 6.08 Å². The molecule has 426 valence electrons. The Balaban J connectivity index is 1.72. The van der Waals surface area contributed by atoms with Gasteiger partial charge in [-0.3, -0.25) is 57.7 Å². The molecule has 10 N–H and O–H groups in total. The molecule has 22 nitrogen and oxygen atoms in total. The Hall–Kier alpha value is -7.52. The van der Waals surface area contributed by atoms with Gasteiger partial charge in [0.2, 0.25) is 53.0 Å². The lowest BCUT2D eigenvalue weighted by Crippen LogP contribution is -2.63. The van der Waals surface area contributed by atoms with Gasteiger partial charge in [0, 0.05) is 44.0 Å². The predicted molar refractivity (Wildman–Crippen MR) is 291 cm³/mol. The number of nitrogens with one attached hydrogen (secondary N) is 10. The van der Waals surface area contributed by atoms with Crippen LogP contribution in [0.1, 0.15) is 145 Å². The number of ketones is 2. The van der Waals surface area contributed by atoms with Gasteiger partial charge in [-0.1, -0.05) is 106 Å². The van der Waals surface area contributed by atoms with Crippen LogP contribution in [0.2, 0.25) is 0 Å². The zero-order valence-electron chi connectivity index (χ0n) is 47.0. The van der Waals surface area contributed by atoms with E-state index in [1.165, 1.54) is 26.4 Å². The fourth-order valence-corrected chi connectivity index (χ4v) is 8.97. The van der Waals surface area contributed by atoms with E-state index in [0.29, 0.717) is 12.0 Å². The molecule has 1 fully saturated rings. The van der Waals surface area contributed by atoms with Crippen LogP contribution in [0.15, 0.2) is 54.5 Å². The highest BCUT2D eigenvalue weighted by Gasteiger charge is 2.38. The molecule has 0 bridgehead atoms. The van der Waals surface area contributed by atoms with Gasteiger partial charge in [0.25, 0.3) is 5.91 Å². The Morgan fingerprint density at radius 1 is 0.590 bits per heavy atom. The van der Waals surface area contributed by atoms with Gasteiger partial charge in [-0.05, 0) is 67.8 Å². The van der Waals surface area contributed by atoms with Crippen molar-refractivity contribution in [2.75, 3.05) is 13.6 Å². The molecule has 0 saturated carbocycles. The standard InChI is InChI=1S/C56H81N11O11/c1-13-32(10)46-56(78)66-45(31(8)9)54(76)61-37(21-17-18-22-59-49(71)36-27-58-26-35-42(36)41(68)25-38(57-12)47(35)69)50(72)64-44(30(6)7)55(77)63-40(24-34-19-15-14-16-20-34)51(73)62-39(23-28(2)3)52(74)65-43(29(4)5)53(75)60-33(11)48(70)67-46/h14-16,19-20,25-33,37,39-40,43-46,57H,13,17-18,21-24H2,1-12H3,(H,59,71)(H,60,75)(H,61,76)(H,62,73)(H,63,77)(H,64,72)(H,65,74)(H,66,78)(H,67,70). The van der Waals surface area contributed by atoms with Crippen molar-refractivity contribution in [2.24, 2.45) is 29.6 Å². The van der Waals surface area contributed by atoms with E-state index >= 15 is 0 Å². The van der Waals surface area contributed by atoms with Crippen molar-refractivity contribution in [1.29, 1.82) is 0 Å². The van der Waals surface area contributed by atoms with Crippen LogP contribution in [0.3, 0.4) is 0 Å². The summed E-state index contributed by atoms with van der Waals surface area (Å²) in [6, 6.07) is -1.06. The van der Waals surface area contributed by atoms with Gasteiger partial charge in [-0.25, -0.2) is 0 Å². The number of rotatable bonds is 16. The molecule has 1 saturated heterocycles. The third-order valence-corrected chi connectivity index (χ3v) is 13.9. The summed E-state index contributed by atoms with van der Waals surface area (Å²) in [4.78, 5) is 158. The summed E-state index contributed by atoms with van der Waals surface area (Å²) in [5, 5.41) is 27.5. The van der Waals surface area contributed by atoms with Crippen LogP contribution in [0, 0.1) is 29.6 Å². The number of aromatic nitrogens is 1. The Bertz CT molecular complexity index is 2570. The summed E-state index contributed by atoms with van der Waals surface area (Å²) in [7, 11) is 1.49. The first-order valence-electron chi connectivity index (χ1n) is 27.0. The van der Waals surface area contributed by atoms with Crippen LogP contribution < -0.4 is 53.2 Å². The van der Waals surface area contributed by atoms with E-state index in [-0.39, 0.29) is 67.0 Å². The molecule has 1 aromatic heterocycles. The van der Waals surface area contributed by atoms with E-state index in [4.69, 9.17) is 0 Å². The molecule has 0 radical (unpaired) electrons. The fourth-order valence-electron chi connectivity index (χ4n) is 8.97. The lowest BCUT2D eigenvalue weighted by Gasteiger charge is -2.31. The van der Waals surface area contributed by atoms with Crippen molar-refractivity contribution in [2.45, 2.75) is 163 Å². The topological polar surface area (TPSA) is 321 Å².